The van der Waals surface area contributed by atoms with Crippen LogP contribution in [0.15, 0.2) is 17.3 Å². The van der Waals surface area contributed by atoms with E-state index in [2.05, 4.69) is 20.3 Å². The second-order valence-electron chi connectivity index (χ2n) is 5.77. The zero-order valence-electron chi connectivity index (χ0n) is 12.9. The first-order valence-corrected chi connectivity index (χ1v) is 8.58. The average molecular weight is 435 g/mol. The van der Waals surface area contributed by atoms with Gasteiger partial charge in [-0.2, -0.15) is 13.2 Å². The Morgan fingerprint density at radius 1 is 1.35 bits per heavy atom. The lowest BCUT2D eigenvalue weighted by Crippen LogP contribution is -2.70. The molecule has 13 heteroatoms. The van der Waals surface area contributed by atoms with Gasteiger partial charge in [-0.3, -0.25) is 5.32 Å². The Balaban J connectivity index is 1.90. The Bertz CT molecular complexity index is 715. The molecule has 3 atom stereocenters. The maximum absolute atomic E-state index is 13.5. The van der Waals surface area contributed by atoms with Gasteiger partial charge in [-0.25, -0.2) is 15.0 Å². The number of aliphatic imine (C=N–C) groups is 1. The summed E-state index contributed by atoms with van der Waals surface area (Å²) < 4.78 is 43.9. The van der Waals surface area contributed by atoms with Crippen molar-refractivity contribution in [1.29, 1.82) is 0 Å². The molecule has 0 radical (unpaired) electrons. The number of hydrogen-bond donors (Lipinski definition) is 3. The molecule has 7 nitrogen and oxygen atoms in total. The van der Waals surface area contributed by atoms with Crippen LogP contribution in [0.3, 0.4) is 0 Å². The van der Waals surface area contributed by atoms with E-state index in [0.717, 1.165) is 0 Å². The van der Waals surface area contributed by atoms with Gasteiger partial charge in [-0.1, -0.05) is 34.8 Å². The first kappa shape index (κ1) is 19.7. The summed E-state index contributed by atoms with van der Waals surface area (Å²) in [5.74, 6) is -1.86. The molecule has 3 heterocycles. The maximum Gasteiger partial charge on any atom is 0.436 e. The molecule has 2 aliphatic rings. The van der Waals surface area contributed by atoms with Crippen molar-refractivity contribution in [2.45, 2.75) is 34.8 Å². The van der Waals surface area contributed by atoms with Crippen LogP contribution in [-0.2, 0) is 8.53 Å². The molecule has 0 saturated carbocycles. The first-order valence-electron chi connectivity index (χ1n) is 7.44. The molecular weight excluding hydrogens is 422 g/mol. The number of ether oxygens (including phenoxy) is 1. The standard InChI is InChI=1S/C13H13Cl3F3N5O2/c14-12(15,16)7-3-4-20-9(21-7)23-10-22-8-6(2-1-5-26-8)11(25,24-10)13(17,18)19/h3-4,6,8,25H,1-2,5H2,(H2,20,21,22,23,24)/t6-,8-,11?/m1/s1. The van der Waals surface area contributed by atoms with Crippen molar-refractivity contribution in [2.24, 2.45) is 10.9 Å². The van der Waals surface area contributed by atoms with Crippen LogP contribution in [0.25, 0.3) is 0 Å². The molecule has 1 unspecified atom stereocenters. The normalized spacial score (nSPS) is 29.4. The molecule has 1 aromatic rings. The molecule has 3 N–H and O–H groups in total. The highest BCUT2D eigenvalue weighted by Gasteiger charge is 2.63. The van der Waals surface area contributed by atoms with E-state index in [4.69, 9.17) is 39.5 Å². The number of hydrogen-bond acceptors (Lipinski definition) is 7. The van der Waals surface area contributed by atoms with Crippen molar-refractivity contribution < 1.29 is 23.0 Å². The SMILES string of the molecule is OC1(C(F)(F)F)NC(Nc2nccc(C(Cl)(Cl)Cl)n2)=N[C@@H]2OCCC[C@H]21. The van der Waals surface area contributed by atoms with Crippen LogP contribution >= 0.6 is 34.8 Å². The van der Waals surface area contributed by atoms with Gasteiger partial charge in [0.25, 0.3) is 0 Å². The Labute approximate surface area is 160 Å². The lowest BCUT2D eigenvalue weighted by molar-refractivity contribution is -0.305. The van der Waals surface area contributed by atoms with Gasteiger partial charge in [0.1, 0.15) is 0 Å². The van der Waals surface area contributed by atoms with Gasteiger partial charge >= 0.3 is 6.18 Å². The fraction of sp³-hybridized carbons (Fsp3) is 0.615. The molecule has 0 bridgehead atoms. The predicted octanol–water partition coefficient (Wildman–Crippen LogP) is 2.68. The highest BCUT2D eigenvalue weighted by Crippen LogP contribution is 2.42. The van der Waals surface area contributed by atoms with E-state index in [1.807, 2.05) is 5.32 Å². The lowest BCUT2D eigenvalue weighted by Gasteiger charge is -2.45. The number of aliphatic hydroxyl groups is 1. The van der Waals surface area contributed by atoms with Crippen molar-refractivity contribution in [1.82, 2.24) is 15.3 Å². The number of rotatable bonds is 1. The van der Waals surface area contributed by atoms with E-state index in [1.165, 1.54) is 12.3 Å². The van der Waals surface area contributed by atoms with Gasteiger partial charge < -0.3 is 15.2 Å². The topological polar surface area (TPSA) is 91.7 Å². The second kappa shape index (κ2) is 6.83. The Morgan fingerprint density at radius 3 is 2.73 bits per heavy atom. The predicted molar refractivity (Wildman–Crippen MR) is 88.9 cm³/mol. The number of halogens is 6. The maximum atomic E-state index is 13.5. The number of nitrogens with zero attached hydrogens (tertiary/aromatic N) is 3. The number of guanidine groups is 1. The summed E-state index contributed by atoms with van der Waals surface area (Å²) in [7, 11) is 0. The number of fused-ring (bicyclic) bond motifs is 1. The fourth-order valence-corrected chi connectivity index (χ4v) is 3.08. The van der Waals surface area contributed by atoms with Crippen LogP contribution in [0.2, 0.25) is 0 Å². The highest BCUT2D eigenvalue weighted by atomic mass is 35.6. The number of nitrogens with one attached hydrogen (secondary N) is 2. The quantitative estimate of drug-likeness (QED) is 0.589. The van der Waals surface area contributed by atoms with Crippen LogP contribution in [0, 0.1) is 5.92 Å². The van der Waals surface area contributed by atoms with Gasteiger partial charge in [-0.05, 0) is 18.9 Å². The van der Waals surface area contributed by atoms with Gasteiger partial charge in [0.05, 0.1) is 11.6 Å². The van der Waals surface area contributed by atoms with Gasteiger partial charge in [0.15, 0.2) is 6.23 Å². The summed E-state index contributed by atoms with van der Waals surface area (Å²) in [4.78, 5) is 11.8. The number of anilines is 1. The molecule has 3 rings (SSSR count). The van der Waals surface area contributed by atoms with Crippen LogP contribution in [-0.4, -0.2) is 45.8 Å². The monoisotopic (exact) mass is 433 g/mol. The van der Waals surface area contributed by atoms with Gasteiger partial charge in [-0.15, -0.1) is 0 Å². The first-order chi connectivity index (χ1) is 12.0. The van der Waals surface area contributed by atoms with Crippen LogP contribution in [0.5, 0.6) is 0 Å². The third-order valence-electron chi connectivity index (χ3n) is 4.00. The smallest absolute Gasteiger partial charge is 0.363 e. The third kappa shape index (κ3) is 3.79. The van der Waals surface area contributed by atoms with Gasteiger partial charge in [0, 0.05) is 12.8 Å². The molecule has 2 aliphatic heterocycles. The Kier molecular flexibility index (Phi) is 5.17. The van der Waals surface area contributed by atoms with Crippen LogP contribution in [0.4, 0.5) is 19.1 Å². The van der Waals surface area contributed by atoms with E-state index in [-0.39, 0.29) is 24.7 Å². The average Bonchev–Trinajstić information content (AvgIpc) is 2.53. The second-order valence-corrected chi connectivity index (χ2v) is 8.05. The van der Waals surface area contributed by atoms with Crippen molar-refractivity contribution in [2.75, 3.05) is 11.9 Å². The largest absolute Gasteiger partial charge is 0.436 e. The third-order valence-corrected chi connectivity index (χ3v) is 4.58. The molecular formula is C13H13Cl3F3N5O2. The Morgan fingerprint density at radius 2 is 2.08 bits per heavy atom. The molecule has 0 spiro atoms. The molecule has 144 valence electrons. The summed E-state index contributed by atoms with van der Waals surface area (Å²) in [6.45, 7) is 0.241. The number of alkyl halides is 6. The molecule has 26 heavy (non-hydrogen) atoms. The van der Waals surface area contributed by atoms with Crippen LogP contribution < -0.4 is 10.6 Å². The van der Waals surface area contributed by atoms with E-state index in [9.17, 15) is 18.3 Å². The lowest BCUT2D eigenvalue weighted by atomic mass is 9.86. The molecule has 1 saturated heterocycles. The molecule has 0 aromatic carbocycles. The molecule has 1 fully saturated rings. The van der Waals surface area contributed by atoms with E-state index < -0.39 is 33.8 Å². The zero-order valence-corrected chi connectivity index (χ0v) is 15.2. The minimum absolute atomic E-state index is 0.00860. The number of aromatic nitrogens is 2. The minimum Gasteiger partial charge on any atom is -0.363 e. The summed E-state index contributed by atoms with van der Waals surface area (Å²) in [6, 6.07) is 1.33. The fourth-order valence-electron chi connectivity index (χ4n) is 2.77. The Hall–Kier alpha value is -1.07. The molecule has 1 aromatic heterocycles. The van der Waals surface area contributed by atoms with E-state index in [1.54, 1.807) is 0 Å². The van der Waals surface area contributed by atoms with Crippen molar-refractivity contribution in [3.63, 3.8) is 0 Å². The summed E-state index contributed by atoms with van der Waals surface area (Å²) in [6.07, 6.45) is -4.39. The van der Waals surface area contributed by atoms with Crippen LogP contribution in [0.1, 0.15) is 18.5 Å². The van der Waals surface area contributed by atoms with E-state index >= 15 is 0 Å². The minimum atomic E-state index is -4.96. The summed E-state index contributed by atoms with van der Waals surface area (Å²) in [5.41, 5.74) is -3.20. The highest BCUT2D eigenvalue weighted by molar-refractivity contribution is 6.66. The summed E-state index contributed by atoms with van der Waals surface area (Å²) in [5, 5.41) is 14.7. The molecule has 0 aliphatic carbocycles. The molecule has 0 amide bonds. The van der Waals surface area contributed by atoms with E-state index in [0.29, 0.717) is 6.42 Å². The van der Waals surface area contributed by atoms with Crippen molar-refractivity contribution >= 4 is 46.7 Å². The van der Waals surface area contributed by atoms with Gasteiger partial charge in [0.2, 0.25) is 21.4 Å². The summed E-state index contributed by atoms with van der Waals surface area (Å²) >= 11 is 17.2. The van der Waals surface area contributed by atoms with Crippen molar-refractivity contribution in [3.8, 4) is 0 Å². The zero-order chi connectivity index (χ0) is 19.2. The van der Waals surface area contributed by atoms with Crippen molar-refractivity contribution in [3.05, 3.63) is 18.0 Å².